The number of hydrogen-bond acceptors (Lipinski definition) is 6. The van der Waals surface area contributed by atoms with Crippen molar-refractivity contribution in [2.45, 2.75) is 25.6 Å². The number of nitrogens with zero attached hydrogens (tertiary/aromatic N) is 5. The molecule has 1 atom stereocenters. The Labute approximate surface area is 208 Å². The van der Waals surface area contributed by atoms with Gasteiger partial charge in [-0.3, -0.25) is 9.69 Å². The van der Waals surface area contributed by atoms with Gasteiger partial charge in [-0.2, -0.15) is 0 Å². The molecule has 8 nitrogen and oxygen atoms in total. The molecule has 0 radical (unpaired) electrons. The molecule has 1 aliphatic rings. The Morgan fingerprint density at radius 2 is 1.81 bits per heavy atom. The van der Waals surface area contributed by atoms with E-state index in [1.165, 1.54) is 11.1 Å². The van der Waals surface area contributed by atoms with Gasteiger partial charge in [0.25, 0.3) is 5.56 Å². The van der Waals surface area contributed by atoms with E-state index in [1.54, 1.807) is 11.8 Å². The number of pyridine rings is 1. The van der Waals surface area contributed by atoms with Crippen molar-refractivity contribution in [3.63, 3.8) is 0 Å². The molecule has 0 aliphatic carbocycles. The first-order chi connectivity index (χ1) is 17.7. The number of methoxy groups -OCH3 is 1. The van der Waals surface area contributed by atoms with Gasteiger partial charge in [0.1, 0.15) is 11.8 Å². The van der Waals surface area contributed by atoms with Crippen LogP contribution in [0.25, 0.3) is 10.9 Å². The second-order valence-electron chi connectivity index (χ2n) is 9.08. The van der Waals surface area contributed by atoms with Gasteiger partial charge in [0.05, 0.1) is 19.2 Å². The summed E-state index contributed by atoms with van der Waals surface area (Å²) in [4.78, 5) is 18.9. The highest BCUT2D eigenvalue weighted by molar-refractivity contribution is 5.80. The third-order valence-electron chi connectivity index (χ3n) is 6.88. The normalized spacial score (nSPS) is 14.5. The maximum absolute atomic E-state index is 13.5. The number of aromatic amines is 1. The lowest BCUT2D eigenvalue weighted by molar-refractivity contribution is 0.194. The largest absolute Gasteiger partial charge is 0.497 e. The van der Waals surface area contributed by atoms with Crippen molar-refractivity contribution in [2.75, 3.05) is 13.7 Å². The molecule has 0 saturated carbocycles. The minimum absolute atomic E-state index is 0.158. The van der Waals surface area contributed by atoms with E-state index in [0.29, 0.717) is 30.2 Å². The van der Waals surface area contributed by atoms with Gasteiger partial charge in [-0.15, -0.1) is 5.10 Å². The molecule has 0 unspecified atom stereocenters. The predicted molar refractivity (Wildman–Crippen MR) is 137 cm³/mol. The first-order valence-corrected chi connectivity index (χ1v) is 12.0. The summed E-state index contributed by atoms with van der Waals surface area (Å²) in [5.74, 6) is 1.35. The molecule has 0 bridgehead atoms. The summed E-state index contributed by atoms with van der Waals surface area (Å²) in [5, 5.41) is 13.7. The molecule has 1 N–H and O–H groups in total. The zero-order valence-electron chi connectivity index (χ0n) is 20.0. The lowest BCUT2D eigenvalue weighted by atomic mass is 9.96. The third kappa shape index (κ3) is 4.16. The van der Waals surface area contributed by atoms with Crippen LogP contribution in [0.3, 0.4) is 0 Å². The van der Waals surface area contributed by atoms with Crippen LogP contribution in [0.1, 0.15) is 34.1 Å². The lowest BCUT2D eigenvalue weighted by Crippen LogP contribution is -2.38. The number of aromatic nitrogens is 5. The van der Waals surface area contributed by atoms with Gasteiger partial charge in [0.15, 0.2) is 5.82 Å². The number of ether oxygens (including phenoxy) is 1. The van der Waals surface area contributed by atoms with E-state index in [9.17, 15) is 4.79 Å². The van der Waals surface area contributed by atoms with E-state index in [-0.39, 0.29) is 5.56 Å². The maximum Gasteiger partial charge on any atom is 0.253 e. The zero-order valence-corrected chi connectivity index (χ0v) is 20.0. The Morgan fingerprint density at radius 3 is 2.64 bits per heavy atom. The molecular formula is C28H26N6O2. The van der Waals surface area contributed by atoms with Crippen LogP contribution in [0.4, 0.5) is 0 Å². The SMILES string of the molecule is COc1ccc2cc([C@H](c3nnnn3Cc3ccccc3)N3CCc4ccccc4C3)c(=O)[nH]c2c1. The van der Waals surface area contributed by atoms with Crippen molar-refractivity contribution in [2.24, 2.45) is 0 Å². The molecule has 36 heavy (non-hydrogen) atoms. The van der Waals surface area contributed by atoms with E-state index in [2.05, 4.69) is 49.7 Å². The first-order valence-electron chi connectivity index (χ1n) is 12.0. The van der Waals surface area contributed by atoms with E-state index in [1.807, 2.05) is 54.6 Å². The second kappa shape index (κ2) is 9.39. The summed E-state index contributed by atoms with van der Waals surface area (Å²) >= 11 is 0. The van der Waals surface area contributed by atoms with Crippen LogP contribution >= 0.6 is 0 Å². The molecule has 6 rings (SSSR count). The molecule has 8 heteroatoms. The number of nitrogens with one attached hydrogen (secondary N) is 1. The summed E-state index contributed by atoms with van der Waals surface area (Å²) < 4.78 is 7.14. The summed E-state index contributed by atoms with van der Waals surface area (Å²) in [6.45, 7) is 2.02. The van der Waals surface area contributed by atoms with Crippen LogP contribution in [0.15, 0.2) is 83.7 Å². The zero-order chi connectivity index (χ0) is 24.5. The highest BCUT2D eigenvalue weighted by Crippen LogP contribution is 2.32. The van der Waals surface area contributed by atoms with E-state index >= 15 is 0 Å². The molecule has 0 saturated heterocycles. The molecule has 1 aliphatic heterocycles. The van der Waals surface area contributed by atoms with Crippen LogP contribution in [-0.2, 0) is 19.5 Å². The molecule has 0 amide bonds. The van der Waals surface area contributed by atoms with Gasteiger partial charge in [-0.1, -0.05) is 54.6 Å². The van der Waals surface area contributed by atoms with Crippen molar-refractivity contribution < 1.29 is 4.74 Å². The van der Waals surface area contributed by atoms with Crippen LogP contribution in [0.5, 0.6) is 5.75 Å². The Kier molecular flexibility index (Phi) is 5.79. The van der Waals surface area contributed by atoms with Crippen molar-refractivity contribution >= 4 is 10.9 Å². The maximum atomic E-state index is 13.5. The molecule has 0 fully saturated rings. The quantitative estimate of drug-likeness (QED) is 0.400. The summed E-state index contributed by atoms with van der Waals surface area (Å²) in [5.41, 5.74) is 4.89. The number of rotatable bonds is 6. The topological polar surface area (TPSA) is 88.9 Å². The molecule has 3 heterocycles. The average molecular weight is 479 g/mol. The minimum Gasteiger partial charge on any atom is -0.497 e. The molecule has 0 spiro atoms. The Morgan fingerprint density at radius 1 is 1.00 bits per heavy atom. The number of benzene rings is 3. The van der Waals surface area contributed by atoms with Crippen molar-refractivity contribution in [1.82, 2.24) is 30.1 Å². The number of hydrogen-bond donors (Lipinski definition) is 1. The highest BCUT2D eigenvalue weighted by Gasteiger charge is 2.32. The van der Waals surface area contributed by atoms with E-state index < -0.39 is 6.04 Å². The second-order valence-corrected chi connectivity index (χ2v) is 9.08. The van der Waals surface area contributed by atoms with E-state index in [0.717, 1.165) is 29.4 Å². The minimum atomic E-state index is -0.410. The summed E-state index contributed by atoms with van der Waals surface area (Å²) in [6.07, 6.45) is 0.898. The molecule has 3 aromatic carbocycles. The first kappa shape index (κ1) is 22.2. The van der Waals surface area contributed by atoms with Crippen molar-refractivity contribution in [3.05, 3.63) is 117 Å². The third-order valence-corrected chi connectivity index (χ3v) is 6.88. The fraction of sp³-hybridized carbons (Fsp3) is 0.214. The van der Waals surface area contributed by atoms with Crippen molar-refractivity contribution in [3.8, 4) is 5.75 Å². The van der Waals surface area contributed by atoms with Gasteiger partial charge in [0.2, 0.25) is 0 Å². The molecule has 2 aromatic heterocycles. The number of tetrazole rings is 1. The van der Waals surface area contributed by atoms with Crippen LogP contribution in [0.2, 0.25) is 0 Å². The molecular weight excluding hydrogens is 452 g/mol. The van der Waals surface area contributed by atoms with Crippen LogP contribution < -0.4 is 10.3 Å². The Balaban J connectivity index is 1.47. The Hall–Kier alpha value is -4.30. The van der Waals surface area contributed by atoms with Gasteiger partial charge in [-0.25, -0.2) is 4.68 Å². The fourth-order valence-electron chi connectivity index (χ4n) is 5.04. The van der Waals surface area contributed by atoms with Gasteiger partial charge >= 0.3 is 0 Å². The summed E-state index contributed by atoms with van der Waals surface area (Å²) in [6, 6.07) is 25.8. The average Bonchev–Trinajstić information content (AvgIpc) is 3.36. The van der Waals surface area contributed by atoms with Crippen LogP contribution in [-0.4, -0.2) is 43.7 Å². The highest BCUT2D eigenvalue weighted by atomic mass is 16.5. The predicted octanol–water partition coefficient (Wildman–Crippen LogP) is 3.72. The molecule has 5 aromatic rings. The number of H-pyrrole nitrogens is 1. The smallest absolute Gasteiger partial charge is 0.253 e. The van der Waals surface area contributed by atoms with E-state index in [4.69, 9.17) is 4.74 Å². The van der Waals surface area contributed by atoms with Crippen molar-refractivity contribution in [1.29, 1.82) is 0 Å². The van der Waals surface area contributed by atoms with Crippen LogP contribution in [0, 0.1) is 0 Å². The Bertz CT molecular complexity index is 1580. The van der Waals surface area contributed by atoms with Gasteiger partial charge < -0.3 is 9.72 Å². The summed E-state index contributed by atoms with van der Waals surface area (Å²) in [7, 11) is 1.62. The fourth-order valence-corrected chi connectivity index (χ4v) is 5.04. The van der Waals surface area contributed by atoms with Gasteiger partial charge in [-0.05, 0) is 57.1 Å². The molecule has 180 valence electrons. The lowest BCUT2D eigenvalue weighted by Gasteiger charge is -2.34. The number of fused-ring (bicyclic) bond motifs is 2. The monoisotopic (exact) mass is 478 g/mol. The van der Waals surface area contributed by atoms with Gasteiger partial charge in [0, 0.05) is 24.7 Å². The standard InChI is InChI=1S/C28H26N6O2/c1-36-23-12-11-21-15-24(28(35)29-25(21)16-23)26(33-14-13-20-9-5-6-10-22(20)18-33)27-30-31-32-34(27)17-19-7-3-2-4-8-19/h2-12,15-16,26H,13-14,17-18H2,1H3,(H,29,35)/t26-/m1/s1.